The van der Waals surface area contributed by atoms with Crippen molar-refractivity contribution in [3.8, 4) is 0 Å². The summed E-state index contributed by atoms with van der Waals surface area (Å²) in [5.74, 6) is -0.692. The van der Waals surface area contributed by atoms with Crippen LogP contribution in [0, 0.1) is 0 Å². The molecule has 0 radical (unpaired) electrons. The van der Waals surface area contributed by atoms with E-state index in [0.29, 0.717) is 6.54 Å². The molecule has 1 saturated carbocycles. The number of aliphatic hydroxyl groups excluding tert-OH is 1. The molecule has 0 saturated heterocycles. The minimum Gasteiger partial charge on any atom is -0.395 e. The molecule has 1 unspecified atom stereocenters. The molecule has 114 valence electrons. The van der Waals surface area contributed by atoms with Crippen LogP contribution >= 0.6 is 12.2 Å². The Morgan fingerprint density at radius 2 is 1.95 bits per heavy atom. The monoisotopic (exact) mass is 306 g/mol. The van der Waals surface area contributed by atoms with Crippen molar-refractivity contribution in [1.82, 2.24) is 4.90 Å². The summed E-state index contributed by atoms with van der Waals surface area (Å²) in [5.41, 5.74) is 6.64. The Hall–Kier alpha value is -1.46. The Morgan fingerprint density at radius 1 is 1.33 bits per heavy atom. The van der Waals surface area contributed by atoms with Gasteiger partial charge < -0.3 is 15.7 Å². The van der Waals surface area contributed by atoms with Crippen molar-refractivity contribution in [2.45, 2.75) is 37.6 Å². The van der Waals surface area contributed by atoms with Gasteiger partial charge in [-0.1, -0.05) is 55.4 Å². The average molecular weight is 306 g/mol. The summed E-state index contributed by atoms with van der Waals surface area (Å²) in [6.07, 6.45) is 4.24. The normalized spacial score (nSPS) is 16.6. The van der Waals surface area contributed by atoms with Crippen molar-refractivity contribution in [2.24, 2.45) is 5.73 Å². The van der Waals surface area contributed by atoms with E-state index in [1.165, 1.54) is 0 Å². The molecule has 21 heavy (non-hydrogen) atoms. The van der Waals surface area contributed by atoms with E-state index in [9.17, 15) is 9.90 Å². The zero-order valence-electron chi connectivity index (χ0n) is 12.1. The molecule has 1 fully saturated rings. The number of carbonyl (C=O) groups excluding carboxylic acids is 1. The minimum atomic E-state index is -0.603. The summed E-state index contributed by atoms with van der Waals surface area (Å²) in [5, 5.41) is 9.28. The lowest BCUT2D eigenvalue weighted by atomic mass is 9.96. The first-order chi connectivity index (χ1) is 10.1. The third kappa shape index (κ3) is 3.80. The number of benzene rings is 1. The van der Waals surface area contributed by atoms with Gasteiger partial charge in [-0.3, -0.25) is 4.79 Å². The Morgan fingerprint density at radius 3 is 2.48 bits per heavy atom. The van der Waals surface area contributed by atoms with Crippen LogP contribution in [0.2, 0.25) is 0 Å². The number of nitrogens with zero attached hydrogens (tertiary/aromatic N) is 1. The van der Waals surface area contributed by atoms with Gasteiger partial charge in [-0.25, -0.2) is 0 Å². The fourth-order valence-electron chi connectivity index (χ4n) is 3.04. The molecule has 0 heterocycles. The van der Waals surface area contributed by atoms with Gasteiger partial charge in [0.1, 0.15) is 5.92 Å². The van der Waals surface area contributed by atoms with E-state index >= 15 is 0 Å². The van der Waals surface area contributed by atoms with Crippen LogP contribution in [0.1, 0.15) is 37.2 Å². The number of hydrogen-bond donors (Lipinski definition) is 2. The van der Waals surface area contributed by atoms with Crippen molar-refractivity contribution < 1.29 is 9.90 Å². The Balaban J connectivity index is 2.25. The van der Waals surface area contributed by atoms with E-state index < -0.39 is 5.92 Å². The van der Waals surface area contributed by atoms with Crippen LogP contribution in [0.4, 0.5) is 0 Å². The zero-order chi connectivity index (χ0) is 15.2. The summed E-state index contributed by atoms with van der Waals surface area (Å²) in [7, 11) is 0. The molecule has 1 aliphatic carbocycles. The van der Waals surface area contributed by atoms with E-state index in [4.69, 9.17) is 18.0 Å². The molecule has 1 aliphatic rings. The summed E-state index contributed by atoms with van der Waals surface area (Å²) in [4.78, 5) is 14.9. The van der Waals surface area contributed by atoms with Crippen LogP contribution < -0.4 is 5.73 Å². The standard InChI is InChI=1S/C16H22N2O2S/c17-15(21)14(12-6-2-1-3-7-12)16(20)18(10-11-19)13-8-4-5-9-13/h1-3,6-7,13-14,19H,4-5,8-11H2,(H2,17,21). The van der Waals surface area contributed by atoms with Gasteiger partial charge in [0.15, 0.2) is 0 Å². The topological polar surface area (TPSA) is 66.6 Å². The van der Waals surface area contributed by atoms with Crippen LogP contribution in [0.5, 0.6) is 0 Å². The largest absolute Gasteiger partial charge is 0.395 e. The van der Waals surface area contributed by atoms with Gasteiger partial charge in [-0.05, 0) is 18.4 Å². The fraction of sp³-hybridized carbons (Fsp3) is 0.500. The molecule has 2 rings (SSSR count). The SMILES string of the molecule is NC(=S)C(C(=O)N(CCO)C1CCCC1)c1ccccc1. The van der Waals surface area contributed by atoms with E-state index in [2.05, 4.69) is 0 Å². The molecule has 1 atom stereocenters. The lowest BCUT2D eigenvalue weighted by Gasteiger charge is -2.31. The van der Waals surface area contributed by atoms with Gasteiger partial charge in [0, 0.05) is 12.6 Å². The first-order valence-electron chi connectivity index (χ1n) is 7.40. The average Bonchev–Trinajstić information content (AvgIpc) is 2.99. The predicted octanol–water partition coefficient (Wildman–Crippen LogP) is 1.82. The van der Waals surface area contributed by atoms with Crippen LogP contribution in [0.15, 0.2) is 30.3 Å². The summed E-state index contributed by atoms with van der Waals surface area (Å²) in [6.45, 7) is 0.302. The van der Waals surface area contributed by atoms with Crippen molar-refractivity contribution in [3.63, 3.8) is 0 Å². The van der Waals surface area contributed by atoms with Crippen LogP contribution in [0.3, 0.4) is 0 Å². The number of amides is 1. The molecular formula is C16H22N2O2S. The lowest BCUT2D eigenvalue weighted by Crippen LogP contribution is -2.46. The van der Waals surface area contributed by atoms with Gasteiger partial charge in [0.25, 0.3) is 0 Å². The van der Waals surface area contributed by atoms with Crippen molar-refractivity contribution >= 4 is 23.1 Å². The predicted molar refractivity (Wildman–Crippen MR) is 87.0 cm³/mol. The van der Waals surface area contributed by atoms with Crippen molar-refractivity contribution in [3.05, 3.63) is 35.9 Å². The first kappa shape index (κ1) is 15.9. The van der Waals surface area contributed by atoms with Crippen molar-refractivity contribution in [2.75, 3.05) is 13.2 Å². The highest BCUT2D eigenvalue weighted by Crippen LogP contribution is 2.27. The van der Waals surface area contributed by atoms with Crippen LogP contribution in [-0.2, 0) is 4.79 Å². The number of thiocarbonyl (C=S) groups is 1. The molecule has 1 amide bonds. The van der Waals surface area contributed by atoms with Gasteiger partial charge >= 0.3 is 0 Å². The number of carbonyl (C=O) groups is 1. The van der Waals surface area contributed by atoms with E-state index in [-0.39, 0.29) is 23.5 Å². The second-order valence-corrected chi connectivity index (χ2v) is 5.91. The molecule has 4 nitrogen and oxygen atoms in total. The highest BCUT2D eigenvalue weighted by Gasteiger charge is 2.33. The Bertz CT molecular complexity index is 486. The van der Waals surface area contributed by atoms with Crippen LogP contribution in [0.25, 0.3) is 0 Å². The Kier molecular flexibility index (Phi) is 5.70. The summed E-state index contributed by atoms with van der Waals surface area (Å²) in [6, 6.07) is 9.58. The number of rotatable bonds is 6. The third-order valence-electron chi connectivity index (χ3n) is 4.05. The smallest absolute Gasteiger partial charge is 0.237 e. The molecule has 5 heteroatoms. The van der Waals surface area contributed by atoms with Gasteiger partial charge in [-0.15, -0.1) is 0 Å². The molecule has 0 aromatic heterocycles. The second-order valence-electron chi connectivity index (χ2n) is 5.44. The van der Waals surface area contributed by atoms with Gasteiger partial charge in [0.05, 0.1) is 11.6 Å². The third-order valence-corrected chi connectivity index (χ3v) is 4.29. The maximum absolute atomic E-state index is 12.9. The van der Waals surface area contributed by atoms with Crippen LogP contribution in [-0.4, -0.2) is 40.1 Å². The zero-order valence-corrected chi connectivity index (χ0v) is 12.9. The van der Waals surface area contributed by atoms with Gasteiger partial charge in [-0.2, -0.15) is 0 Å². The first-order valence-corrected chi connectivity index (χ1v) is 7.81. The maximum Gasteiger partial charge on any atom is 0.237 e. The fourth-order valence-corrected chi connectivity index (χ4v) is 3.27. The molecule has 1 aromatic carbocycles. The molecule has 0 bridgehead atoms. The number of hydrogen-bond acceptors (Lipinski definition) is 3. The van der Waals surface area contributed by atoms with E-state index in [0.717, 1.165) is 31.2 Å². The summed E-state index contributed by atoms with van der Waals surface area (Å²) >= 11 is 5.12. The quantitative estimate of drug-likeness (QED) is 0.787. The maximum atomic E-state index is 12.9. The number of nitrogens with two attached hydrogens (primary N) is 1. The molecular weight excluding hydrogens is 284 g/mol. The molecule has 0 spiro atoms. The Labute approximate surface area is 130 Å². The van der Waals surface area contributed by atoms with E-state index in [1.807, 2.05) is 30.3 Å². The minimum absolute atomic E-state index is 0.0406. The molecule has 3 N–H and O–H groups in total. The van der Waals surface area contributed by atoms with Crippen molar-refractivity contribution in [1.29, 1.82) is 0 Å². The molecule has 0 aliphatic heterocycles. The molecule has 1 aromatic rings. The highest BCUT2D eigenvalue weighted by molar-refractivity contribution is 7.80. The summed E-state index contributed by atoms with van der Waals surface area (Å²) < 4.78 is 0. The number of aliphatic hydroxyl groups is 1. The lowest BCUT2D eigenvalue weighted by molar-refractivity contribution is -0.134. The second kappa shape index (κ2) is 7.52. The highest BCUT2D eigenvalue weighted by atomic mass is 32.1. The van der Waals surface area contributed by atoms with E-state index in [1.54, 1.807) is 4.90 Å². The van der Waals surface area contributed by atoms with Gasteiger partial charge in [0.2, 0.25) is 5.91 Å².